The Labute approximate surface area is 344 Å². The van der Waals surface area contributed by atoms with Crippen LogP contribution in [0.5, 0.6) is 11.5 Å². The second kappa shape index (κ2) is 17.5. The number of aromatic amines is 2. The molecule has 2 aromatic heterocycles. The minimum absolute atomic E-state index is 0.206. The number of nitrogens with one attached hydrogen (secondary N) is 4. The minimum atomic E-state index is -0.966. The van der Waals surface area contributed by atoms with Crippen LogP contribution in [0.1, 0.15) is 11.1 Å². The third-order valence-electron chi connectivity index (χ3n) is 10.6. The van der Waals surface area contributed by atoms with E-state index in [9.17, 15) is 19.2 Å². The van der Waals surface area contributed by atoms with Gasteiger partial charge in [-0.2, -0.15) is 0 Å². The van der Waals surface area contributed by atoms with Gasteiger partial charge in [0.1, 0.15) is 23.6 Å². The van der Waals surface area contributed by atoms with E-state index in [0.29, 0.717) is 22.6 Å². The third-order valence-corrected chi connectivity index (χ3v) is 10.6. The molecule has 2 amide bonds. The van der Waals surface area contributed by atoms with Gasteiger partial charge in [-0.15, -0.1) is 0 Å². The summed E-state index contributed by atoms with van der Waals surface area (Å²) in [4.78, 5) is 59.4. The molecule has 0 aliphatic rings. The number of carbonyl (C=O) groups excluding carboxylic acids is 4. The fourth-order valence-corrected chi connectivity index (χ4v) is 7.73. The molecule has 0 saturated heterocycles. The first-order chi connectivity index (χ1) is 29.3. The van der Waals surface area contributed by atoms with E-state index in [0.717, 1.165) is 54.5 Å². The van der Waals surface area contributed by atoms with Gasteiger partial charge in [0.05, 0.1) is 14.2 Å². The molecule has 0 saturated carbocycles. The Balaban J connectivity index is 1.06. The van der Waals surface area contributed by atoms with Crippen molar-refractivity contribution < 1.29 is 38.1 Å². The molecule has 0 spiro atoms. The lowest BCUT2D eigenvalue weighted by atomic mass is 9.92. The second-order valence-corrected chi connectivity index (χ2v) is 14.3. The quantitative estimate of drug-likeness (QED) is 0.0794. The third kappa shape index (κ3) is 8.21. The zero-order chi connectivity index (χ0) is 41.6. The first-order valence-corrected chi connectivity index (χ1v) is 19.4. The van der Waals surface area contributed by atoms with Crippen molar-refractivity contribution in [3.8, 4) is 22.6 Å². The van der Waals surface area contributed by atoms with Crippen molar-refractivity contribution in [2.45, 2.75) is 24.9 Å². The van der Waals surface area contributed by atoms with Crippen LogP contribution in [0.15, 0.2) is 134 Å². The molecule has 8 rings (SSSR count). The summed E-state index contributed by atoms with van der Waals surface area (Å²) in [7, 11) is 2.56. The van der Waals surface area contributed by atoms with Crippen LogP contribution >= 0.6 is 0 Å². The number of benzene rings is 6. The van der Waals surface area contributed by atoms with Crippen LogP contribution in [0.25, 0.3) is 54.5 Å². The lowest BCUT2D eigenvalue weighted by Gasteiger charge is -2.21. The molecular formula is C48H42N4O8. The fraction of sp³-hybridized carbons (Fsp3) is 0.167. The number of aromatic nitrogens is 2. The summed E-state index contributed by atoms with van der Waals surface area (Å²) >= 11 is 0. The molecule has 0 radical (unpaired) electrons. The number of esters is 2. The van der Waals surface area contributed by atoms with Crippen LogP contribution < -0.4 is 20.1 Å². The maximum Gasteiger partial charge on any atom is 0.328 e. The summed E-state index contributed by atoms with van der Waals surface area (Å²) in [5, 5.41) is 10.9. The monoisotopic (exact) mass is 802 g/mol. The van der Waals surface area contributed by atoms with E-state index in [1.165, 1.54) is 14.2 Å². The van der Waals surface area contributed by atoms with E-state index in [1.807, 2.05) is 122 Å². The van der Waals surface area contributed by atoms with E-state index in [-0.39, 0.29) is 12.8 Å². The van der Waals surface area contributed by atoms with Crippen LogP contribution in [0.2, 0.25) is 0 Å². The topological polar surface area (TPSA) is 161 Å². The lowest BCUT2D eigenvalue weighted by Crippen LogP contribution is -2.45. The van der Waals surface area contributed by atoms with Crippen LogP contribution in [0.3, 0.4) is 0 Å². The zero-order valence-corrected chi connectivity index (χ0v) is 33.0. The highest BCUT2D eigenvalue weighted by Crippen LogP contribution is 2.45. The second-order valence-electron chi connectivity index (χ2n) is 14.3. The standard InChI is InChI=1S/C48H42N4O8/c1-57-47(55)39(23-31-25-49-37-17-9-7-13-33(31)37)51-43(53)27-59-41-21-19-29-11-3-5-15-35(29)45(41)46-36-16-6-4-12-30(36)20-22-42(46)60-28-44(54)52-40(48(56)58-2)24-32-26-50-38-18-10-8-14-34(32)38/h3-22,25-26,39-40,49-50H,23-24,27-28H2,1-2H3,(H,51,53)(H,52,54)/t39-,40-/m0/s1. The molecule has 6 aromatic carbocycles. The predicted molar refractivity (Wildman–Crippen MR) is 230 cm³/mol. The molecule has 0 aliphatic heterocycles. The molecule has 0 unspecified atom stereocenters. The molecule has 8 aromatic rings. The Morgan fingerprint density at radius 2 is 0.883 bits per heavy atom. The molecule has 0 fully saturated rings. The molecule has 12 heteroatoms. The molecule has 0 aliphatic carbocycles. The number of para-hydroxylation sites is 2. The van der Waals surface area contributed by atoms with Gasteiger partial charge in [-0.05, 0) is 56.9 Å². The van der Waals surface area contributed by atoms with Crippen molar-refractivity contribution in [2.75, 3.05) is 27.4 Å². The Hall–Kier alpha value is -7.60. The molecule has 302 valence electrons. The van der Waals surface area contributed by atoms with Crippen molar-refractivity contribution in [3.63, 3.8) is 0 Å². The van der Waals surface area contributed by atoms with Gasteiger partial charge in [-0.3, -0.25) is 9.59 Å². The van der Waals surface area contributed by atoms with E-state index in [4.69, 9.17) is 18.9 Å². The maximum absolute atomic E-state index is 13.6. The van der Waals surface area contributed by atoms with Gasteiger partial charge < -0.3 is 39.5 Å². The number of H-pyrrole nitrogens is 2. The highest BCUT2D eigenvalue weighted by molar-refractivity contribution is 6.10. The number of hydrogen-bond acceptors (Lipinski definition) is 8. The number of rotatable bonds is 15. The average molecular weight is 803 g/mol. The number of ether oxygens (including phenoxy) is 4. The van der Waals surface area contributed by atoms with Gasteiger partial charge in [0.15, 0.2) is 13.2 Å². The van der Waals surface area contributed by atoms with Gasteiger partial charge in [0.25, 0.3) is 11.8 Å². The van der Waals surface area contributed by atoms with E-state index in [1.54, 1.807) is 12.1 Å². The first-order valence-electron chi connectivity index (χ1n) is 19.4. The number of amides is 2. The summed E-state index contributed by atoms with van der Waals surface area (Å²) < 4.78 is 22.8. The van der Waals surface area contributed by atoms with E-state index in [2.05, 4.69) is 20.6 Å². The molecule has 2 atom stereocenters. The highest BCUT2D eigenvalue weighted by atomic mass is 16.5. The normalized spacial score (nSPS) is 12.2. The summed E-state index contributed by atoms with van der Waals surface area (Å²) in [5.74, 6) is -1.46. The van der Waals surface area contributed by atoms with Gasteiger partial charge >= 0.3 is 11.9 Å². The highest BCUT2D eigenvalue weighted by Gasteiger charge is 2.27. The lowest BCUT2D eigenvalue weighted by molar-refractivity contribution is -0.145. The first kappa shape index (κ1) is 39.2. The summed E-state index contributed by atoms with van der Waals surface area (Å²) in [6.07, 6.45) is 4.05. The molecule has 2 heterocycles. The molecule has 60 heavy (non-hydrogen) atoms. The van der Waals surface area contributed by atoms with Crippen molar-refractivity contribution >= 4 is 67.1 Å². The average Bonchev–Trinajstić information content (AvgIpc) is 3.90. The zero-order valence-electron chi connectivity index (χ0n) is 33.0. The minimum Gasteiger partial charge on any atom is -0.483 e. The Bertz CT molecular complexity index is 2680. The predicted octanol–water partition coefficient (Wildman–Crippen LogP) is 7.18. The van der Waals surface area contributed by atoms with Crippen LogP contribution in [0.4, 0.5) is 0 Å². The Morgan fingerprint density at radius 3 is 1.30 bits per heavy atom. The van der Waals surface area contributed by atoms with Gasteiger partial charge in [0, 0.05) is 58.2 Å². The molecule has 12 nitrogen and oxygen atoms in total. The summed E-state index contributed by atoms with van der Waals surface area (Å²) in [6.45, 7) is -0.831. The number of methoxy groups -OCH3 is 2. The SMILES string of the molecule is COC(=O)[C@H](Cc1c[nH]c2ccccc12)NC(=O)COc1ccc2ccccc2c1-c1c(OCC(=O)N[C@@H](Cc2c[nH]c3ccccc23)C(=O)OC)ccc2ccccc12. The van der Waals surface area contributed by atoms with Crippen LogP contribution in [0, 0.1) is 0 Å². The van der Waals surface area contributed by atoms with Crippen molar-refractivity contribution in [2.24, 2.45) is 0 Å². The van der Waals surface area contributed by atoms with Gasteiger partial charge in [0.2, 0.25) is 0 Å². The van der Waals surface area contributed by atoms with E-state index >= 15 is 0 Å². The summed E-state index contributed by atoms with van der Waals surface area (Å²) in [5.41, 5.74) is 4.82. The number of hydrogen-bond donors (Lipinski definition) is 4. The molecular weight excluding hydrogens is 761 g/mol. The number of fused-ring (bicyclic) bond motifs is 4. The van der Waals surface area contributed by atoms with Gasteiger partial charge in [-0.25, -0.2) is 9.59 Å². The molecule has 4 N–H and O–H groups in total. The van der Waals surface area contributed by atoms with Gasteiger partial charge in [-0.1, -0.05) is 97.1 Å². The Morgan fingerprint density at radius 1 is 0.500 bits per heavy atom. The largest absolute Gasteiger partial charge is 0.483 e. The number of carbonyl (C=O) groups is 4. The van der Waals surface area contributed by atoms with Crippen molar-refractivity contribution in [1.82, 2.24) is 20.6 Å². The fourth-order valence-electron chi connectivity index (χ4n) is 7.73. The Kier molecular flexibility index (Phi) is 11.4. The van der Waals surface area contributed by atoms with Crippen molar-refractivity contribution in [1.29, 1.82) is 0 Å². The van der Waals surface area contributed by atoms with Crippen molar-refractivity contribution in [3.05, 3.63) is 145 Å². The maximum atomic E-state index is 13.6. The van der Waals surface area contributed by atoms with Crippen LogP contribution in [-0.4, -0.2) is 73.2 Å². The summed E-state index contributed by atoms with van der Waals surface area (Å²) in [6, 6.07) is 36.4. The smallest absolute Gasteiger partial charge is 0.328 e. The van der Waals surface area contributed by atoms with Crippen LogP contribution in [-0.2, 0) is 41.5 Å². The van der Waals surface area contributed by atoms with E-state index < -0.39 is 49.1 Å². The molecule has 0 bridgehead atoms.